The van der Waals surface area contributed by atoms with Crippen molar-refractivity contribution in [2.24, 2.45) is 11.7 Å². The van der Waals surface area contributed by atoms with E-state index in [-0.39, 0.29) is 17.8 Å². The van der Waals surface area contributed by atoms with E-state index in [1.165, 1.54) is 55.9 Å². The van der Waals surface area contributed by atoms with Crippen LogP contribution in [0.4, 0.5) is 11.8 Å². The molecule has 0 fully saturated rings. The number of nitrogen functional groups attached to an aromatic ring is 2. The van der Waals surface area contributed by atoms with Gasteiger partial charge in [0.1, 0.15) is 5.82 Å². The summed E-state index contributed by atoms with van der Waals surface area (Å²) in [6.07, 6.45) is 16.8. The van der Waals surface area contributed by atoms with E-state index in [1.54, 1.807) is 6.07 Å². The van der Waals surface area contributed by atoms with Gasteiger partial charge in [-0.15, -0.1) is 0 Å². The molecule has 0 bridgehead atoms. The highest BCUT2D eigenvalue weighted by Crippen LogP contribution is 2.31. The van der Waals surface area contributed by atoms with Crippen LogP contribution in [0.25, 0.3) is 0 Å². The fourth-order valence-corrected chi connectivity index (χ4v) is 3.28. The van der Waals surface area contributed by atoms with Crippen LogP contribution in [-0.4, -0.2) is 15.9 Å². The van der Waals surface area contributed by atoms with Gasteiger partial charge in [-0.1, -0.05) is 25.0 Å². The topological polar surface area (TPSA) is 121 Å². The third-order valence-corrected chi connectivity index (χ3v) is 4.63. The molecular formula is C19H29N5O. The lowest BCUT2D eigenvalue weighted by atomic mass is 9.95. The number of anilines is 2. The number of primary amides is 1. The molecule has 2 aliphatic carbocycles. The third-order valence-electron chi connectivity index (χ3n) is 4.63. The molecule has 0 aliphatic heterocycles. The summed E-state index contributed by atoms with van der Waals surface area (Å²) in [6, 6.07) is 1.58. The number of hydrogen-bond donors (Lipinski definition) is 3. The van der Waals surface area contributed by atoms with Crippen molar-refractivity contribution in [3.63, 3.8) is 0 Å². The number of hydrogen-bond acceptors (Lipinski definition) is 5. The minimum Gasteiger partial charge on any atom is -0.384 e. The Hall–Kier alpha value is -2.37. The lowest BCUT2D eigenvalue weighted by molar-refractivity contribution is -0.120. The van der Waals surface area contributed by atoms with E-state index in [4.69, 9.17) is 17.2 Å². The van der Waals surface area contributed by atoms with Crippen molar-refractivity contribution in [2.75, 3.05) is 11.5 Å². The standard InChI is InChI=1S/C15H23NO.C4H6N4/c16-15(17)14-10-6-5-9-13(11-14)12-7-3-1-2-4-8-12;5-3-1-2-7-4(6)8-3/h7,11,14H,1-6,8-10H2,(H2,16,17);1-2H,(H4,5,6,7,8). The van der Waals surface area contributed by atoms with E-state index >= 15 is 0 Å². The average molecular weight is 343 g/mol. The number of carbonyl (C=O) groups is 1. The second kappa shape index (κ2) is 9.81. The van der Waals surface area contributed by atoms with E-state index < -0.39 is 0 Å². The maximum absolute atomic E-state index is 11.4. The molecule has 0 spiro atoms. The molecule has 3 rings (SSSR count). The molecule has 2 aliphatic rings. The summed E-state index contributed by atoms with van der Waals surface area (Å²) in [7, 11) is 0. The van der Waals surface area contributed by atoms with Gasteiger partial charge in [-0.2, -0.15) is 4.98 Å². The maximum atomic E-state index is 11.4. The van der Waals surface area contributed by atoms with Crippen molar-refractivity contribution in [1.82, 2.24) is 9.97 Å². The van der Waals surface area contributed by atoms with E-state index in [9.17, 15) is 4.79 Å². The molecule has 0 aromatic carbocycles. The van der Waals surface area contributed by atoms with Crippen molar-refractivity contribution >= 4 is 17.7 Å². The average Bonchev–Trinajstić information content (AvgIpc) is 2.98. The van der Waals surface area contributed by atoms with Crippen LogP contribution in [0.1, 0.15) is 57.8 Å². The Balaban J connectivity index is 0.000000236. The Morgan fingerprint density at radius 2 is 1.80 bits per heavy atom. The highest BCUT2D eigenvalue weighted by molar-refractivity contribution is 5.78. The molecule has 0 saturated heterocycles. The summed E-state index contributed by atoms with van der Waals surface area (Å²) in [5, 5.41) is 0. The minimum absolute atomic E-state index is 0.0309. The lowest BCUT2D eigenvalue weighted by Gasteiger charge is -2.11. The van der Waals surface area contributed by atoms with Gasteiger partial charge in [0.05, 0.1) is 5.92 Å². The first kappa shape index (κ1) is 19.0. The van der Waals surface area contributed by atoms with Crippen molar-refractivity contribution < 1.29 is 4.79 Å². The highest BCUT2D eigenvalue weighted by atomic mass is 16.1. The first-order valence-electron chi connectivity index (χ1n) is 9.09. The van der Waals surface area contributed by atoms with Gasteiger partial charge >= 0.3 is 0 Å². The molecule has 1 amide bonds. The molecule has 1 aromatic heterocycles. The number of carbonyl (C=O) groups excluding carboxylic acids is 1. The molecule has 1 atom stereocenters. The summed E-state index contributed by atoms with van der Waals surface area (Å²) in [4.78, 5) is 18.6. The summed E-state index contributed by atoms with van der Waals surface area (Å²) in [5.74, 6) is 0.428. The second-order valence-electron chi connectivity index (χ2n) is 6.61. The predicted molar refractivity (Wildman–Crippen MR) is 101 cm³/mol. The van der Waals surface area contributed by atoms with Gasteiger partial charge in [0, 0.05) is 6.20 Å². The first-order chi connectivity index (χ1) is 12.1. The van der Waals surface area contributed by atoms with Crippen LogP contribution in [0.15, 0.2) is 35.6 Å². The molecule has 1 aromatic rings. The Morgan fingerprint density at radius 1 is 1.04 bits per heavy atom. The Morgan fingerprint density at radius 3 is 2.48 bits per heavy atom. The van der Waals surface area contributed by atoms with Crippen molar-refractivity contribution in [1.29, 1.82) is 0 Å². The smallest absolute Gasteiger partial charge is 0.224 e. The quantitative estimate of drug-likeness (QED) is 0.761. The van der Waals surface area contributed by atoms with Gasteiger partial charge < -0.3 is 17.2 Å². The molecule has 25 heavy (non-hydrogen) atoms. The molecule has 0 radical (unpaired) electrons. The first-order valence-corrected chi connectivity index (χ1v) is 9.09. The molecule has 6 nitrogen and oxygen atoms in total. The highest BCUT2D eigenvalue weighted by Gasteiger charge is 2.18. The Kier molecular flexibility index (Phi) is 7.44. The summed E-state index contributed by atoms with van der Waals surface area (Å²) >= 11 is 0. The van der Waals surface area contributed by atoms with Gasteiger partial charge in [-0.3, -0.25) is 4.79 Å². The fourth-order valence-electron chi connectivity index (χ4n) is 3.28. The minimum atomic E-state index is -0.154. The van der Waals surface area contributed by atoms with Crippen LogP contribution in [0.2, 0.25) is 0 Å². The molecule has 6 heteroatoms. The Labute approximate surface area is 149 Å². The number of nitrogens with two attached hydrogens (primary N) is 3. The van der Waals surface area contributed by atoms with E-state index in [0.29, 0.717) is 5.82 Å². The maximum Gasteiger partial charge on any atom is 0.224 e. The number of rotatable bonds is 2. The second-order valence-corrected chi connectivity index (χ2v) is 6.61. The van der Waals surface area contributed by atoms with Crippen molar-refractivity contribution in [2.45, 2.75) is 57.8 Å². The molecular weight excluding hydrogens is 314 g/mol. The van der Waals surface area contributed by atoms with Gasteiger partial charge in [0.25, 0.3) is 0 Å². The third kappa shape index (κ3) is 6.57. The van der Waals surface area contributed by atoms with Crippen molar-refractivity contribution in [3.8, 4) is 0 Å². The number of amides is 1. The van der Waals surface area contributed by atoms with E-state index in [0.717, 1.165) is 19.3 Å². The lowest BCUT2D eigenvalue weighted by Crippen LogP contribution is -2.21. The monoisotopic (exact) mass is 343 g/mol. The van der Waals surface area contributed by atoms with Gasteiger partial charge in [0.2, 0.25) is 11.9 Å². The normalized spacial score (nSPS) is 20.9. The van der Waals surface area contributed by atoms with Gasteiger partial charge in [-0.25, -0.2) is 4.98 Å². The van der Waals surface area contributed by atoms with E-state index in [1.807, 2.05) is 0 Å². The molecule has 6 N–H and O–H groups in total. The number of nitrogens with zero attached hydrogens (tertiary/aromatic N) is 2. The largest absolute Gasteiger partial charge is 0.384 e. The van der Waals surface area contributed by atoms with Gasteiger partial charge in [-0.05, 0) is 62.2 Å². The van der Waals surface area contributed by atoms with Crippen LogP contribution < -0.4 is 17.2 Å². The van der Waals surface area contributed by atoms with Crippen LogP contribution in [0.3, 0.4) is 0 Å². The van der Waals surface area contributed by atoms with Crippen LogP contribution in [0, 0.1) is 5.92 Å². The zero-order chi connectivity index (χ0) is 18.1. The summed E-state index contributed by atoms with van der Waals surface area (Å²) in [5.41, 5.74) is 18.7. The molecule has 0 saturated carbocycles. The summed E-state index contributed by atoms with van der Waals surface area (Å²) in [6.45, 7) is 0. The molecule has 136 valence electrons. The zero-order valence-corrected chi connectivity index (χ0v) is 14.8. The van der Waals surface area contributed by atoms with Crippen LogP contribution >= 0.6 is 0 Å². The number of aromatic nitrogens is 2. The van der Waals surface area contributed by atoms with Crippen LogP contribution in [-0.2, 0) is 4.79 Å². The van der Waals surface area contributed by atoms with E-state index in [2.05, 4.69) is 22.1 Å². The zero-order valence-electron chi connectivity index (χ0n) is 14.8. The fraction of sp³-hybridized carbons (Fsp3) is 0.526. The predicted octanol–water partition coefficient (Wildman–Crippen LogP) is 3.12. The summed E-state index contributed by atoms with van der Waals surface area (Å²) < 4.78 is 0. The SMILES string of the molecule is NC(=O)C1C=C(C2=CCCCCC2)CCCC1.Nc1ccnc(N)n1. The number of allylic oxidation sites excluding steroid dienone is 3. The molecule has 1 heterocycles. The molecule has 1 unspecified atom stereocenters. The van der Waals surface area contributed by atoms with Crippen LogP contribution in [0.5, 0.6) is 0 Å². The van der Waals surface area contributed by atoms with Gasteiger partial charge in [0.15, 0.2) is 0 Å². The Bertz CT molecular complexity index is 621. The van der Waals surface area contributed by atoms with Crippen molar-refractivity contribution in [3.05, 3.63) is 35.6 Å².